The second-order valence-electron chi connectivity index (χ2n) is 6.02. The Morgan fingerprint density at radius 1 is 1.08 bits per heavy atom. The van der Waals surface area contributed by atoms with Crippen LogP contribution in [-0.2, 0) is 4.79 Å². The SMILES string of the molecule is Cc1cccc(OCC(=O)N2CCN(C(=O)c3cccnc3)CC2)c1. The molecule has 1 aliphatic rings. The van der Waals surface area contributed by atoms with Crippen LogP contribution in [0.5, 0.6) is 5.75 Å². The molecule has 2 aromatic rings. The molecule has 1 aliphatic heterocycles. The van der Waals surface area contributed by atoms with Crippen LogP contribution in [0.3, 0.4) is 0 Å². The van der Waals surface area contributed by atoms with Crippen molar-refractivity contribution in [2.45, 2.75) is 6.92 Å². The summed E-state index contributed by atoms with van der Waals surface area (Å²) in [5, 5.41) is 0. The Bertz CT molecular complexity index is 741. The summed E-state index contributed by atoms with van der Waals surface area (Å²) in [6, 6.07) is 11.1. The van der Waals surface area contributed by atoms with Gasteiger partial charge in [0.2, 0.25) is 0 Å². The highest BCUT2D eigenvalue weighted by atomic mass is 16.5. The maximum absolute atomic E-state index is 12.4. The van der Waals surface area contributed by atoms with Crippen LogP contribution in [0, 0.1) is 6.92 Å². The normalized spacial score (nSPS) is 14.3. The highest BCUT2D eigenvalue weighted by Gasteiger charge is 2.25. The quantitative estimate of drug-likeness (QED) is 0.851. The number of nitrogens with zero attached hydrogens (tertiary/aromatic N) is 3. The minimum absolute atomic E-state index is 0.0139. The van der Waals surface area contributed by atoms with Crippen LogP contribution >= 0.6 is 0 Å². The Kier molecular flexibility index (Phi) is 5.28. The molecule has 0 unspecified atom stereocenters. The summed E-state index contributed by atoms with van der Waals surface area (Å²) in [6.07, 6.45) is 3.21. The summed E-state index contributed by atoms with van der Waals surface area (Å²) in [7, 11) is 0. The lowest BCUT2D eigenvalue weighted by Gasteiger charge is -2.34. The van der Waals surface area contributed by atoms with Crippen molar-refractivity contribution in [1.82, 2.24) is 14.8 Å². The van der Waals surface area contributed by atoms with Crippen molar-refractivity contribution < 1.29 is 14.3 Å². The van der Waals surface area contributed by atoms with Crippen molar-refractivity contribution in [2.75, 3.05) is 32.8 Å². The number of aryl methyl sites for hydroxylation is 1. The average Bonchev–Trinajstić information content (AvgIpc) is 2.66. The summed E-state index contributed by atoms with van der Waals surface area (Å²) in [6.45, 7) is 4.06. The molecule has 2 heterocycles. The zero-order valence-corrected chi connectivity index (χ0v) is 14.2. The van der Waals surface area contributed by atoms with Crippen LogP contribution in [0.15, 0.2) is 48.8 Å². The van der Waals surface area contributed by atoms with Gasteiger partial charge in [-0.2, -0.15) is 0 Å². The highest BCUT2D eigenvalue weighted by Crippen LogP contribution is 2.13. The first-order valence-corrected chi connectivity index (χ1v) is 8.30. The maximum atomic E-state index is 12.4. The molecule has 6 heteroatoms. The number of hydrogen-bond acceptors (Lipinski definition) is 4. The van der Waals surface area contributed by atoms with Crippen LogP contribution in [0.1, 0.15) is 15.9 Å². The van der Waals surface area contributed by atoms with Gasteiger partial charge in [0.1, 0.15) is 5.75 Å². The van der Waals surface area contributed by atoms with E-state index in [-0.39, 0.29) is 18.4 Å². The molecular formula is C19H21N3O3. The van der Waals surface area contributed by atoms with Gasteiger partial charge in [-0.3, -0.25) is 14.6 Å². The van der Waals surface area contributed by atoms with Crippen LogP contribution in [0.25, 0.3) is 0 Å². The number of carbonyl (C=O) groups excluding carboxylic acids is 2. The minimum Gasteiger partial charge on any atom is -0.484 e. The monoisotopic (exact) mass is 339 g/mol. The van der Waals surface area contributed by atoms with Gasteiger partial charge in [-0.05, 0) is 36.8 Å². The average molecular weight is 339 g/mol. The lowest BCUT2D eigenvalue weighted by molar-refractivity contribution is -0.134. The van der Waals surface area contributed by atoms with Crippen molar-refractivity contribution in [2.24, 2.45) is 0 Å². The van der Waals surface area contributed by atoms with Crippen LogP contribution in [-0.4, -0.2) is 59.4 Å². The number of carbonyl (C=O) groups is 2. The molecule has 0 bridgehead atoms. The van der Waals surface area contributed by atoms with E-state index in [2.05, 4.69) is 4.98 Å². The van der Waals surface area contributed by atoms with E-state index < -0.39 is 0 Å². The van der Waals surface area contributed by atoms with Crippen molar-refractivity contribution in [3.8, 4) is 5.75 Å². The second kappa shape index (κ2) is 7.79. The number of amides is 2. The van der Waals surface area contributed by atoms with E-state index in [0.717, 1.165) is 5.56 Å². The number of rotatable bonds is 4. The molecule has 1 fully saturated rings. The van der Waals surface area contributed by atoms with E-state index in [1.807, 2.05) is 31.2 Å². The minimum atomic E-state index is -0.0602. The third kappa shape index (κ3) is 4.35. The molecule has 25 heavy (non-hydrogen) atoms. The third-order valence-electron chi connectivity index (χ3n) is 4.18. The van der Waals surface area contributed by atoms with Gasteiger partial charge in [0.15, 0.2) is 6.61 Å². The van der Waals surface area contributed by atoms with E-state index >= 15 is 0 Å². The predicted octanol–water partition coefficient (Wildman–Crippen LogP) is 1.75. The van der Waals surface area contributed by atoms with Gasteiger partial charge in [-0.1, -0.05) is 12.1 Å². The van der Waals surface area contributed by atoms with Gasteiger partial charge in [0.05, 0.1) is 5.56 Å². The lowest BCUT2D eigenvalue weighted by Crippen LogP contribution is -2.51. The highest BCUT2D eigenvalue weighted by molar-refractivity contribution is 5.94. The van der Waals surface area contributed by atoms with Crippen LogP contribution in [0.2, 0.25) is 0 Å². The van der Waals surface area contributed by atoms with E-state index in [1.54, 1.807) is 34.3 Å². The number of hydrogen-bond donors (Lipinski definition) is 0. The Balaban J connectivity index is 1.48. The summed E-state index contributed by atoms with van der Waals surface area (Å²) < 4.78 is 5.57. The fourth-order valence-corrected chi connectivity index (χ4v) is 2.77. The van der Waals surface area contributed by atoms with Crippen molar-refractivity contribution in [3.05, 3.63) is 59.9 Å². The van der Waals surface area contributed by atoms with Gasteiger partial charge < -0.3 is 14.5 Å². The molecule has 0 saturated carbocycles. The number of piperazine rings is 1. The molecule has 6 nitrogen and oxygen atoms in total. The summed E-state index contributed by atoms with van der Waals surface area (Å²) >= 11 is 0. The van der Waals surface area contributed by atoms with E-state index in [0.29, 0.717) is 37.5 Å². The van der Waals surface area contributed by atoms with Gasteiger partial charge in [0.25, 0.3) is 11.8 Å². The first-order valence-electron chi connectivity index (χ1n) is 8.30. The Morgan fingerprint density at radius 3 is 2.52 bits per heavy atom. The van der Waals surface area contributed by atoms with E-state index in [1.165, 1.54) is 0 Å². The van der Waals surface area contributed by atoms with E-state index in [4.69, 9.17) is 4.74 Å². The van der Waals surface area contributed by atoms with Gasteiger partial charge >= 0.3 is 0 Å². The topological polar surface area (TPSA) is 62.7 Å². The first-order chi connectivity index (χ1) is 12.1. The summed E-state index contributed by atoms with van der Waals surface area (Å²) in [5.74, 6) is 0.588. The zero-order valence-electron chi connectivity index (χ0n) is 14.2. The summed E-state index contributed by atoms with van der Waals surface area (Å²) in [5.41, 5.74) is 1.66. The van der Waals surface area contributed by atoms with Gasteiger partial charge in [0, 0.05) is 38.6 Å². The number of aromatic nitrogens is 1. The standard InChI is InChI=1S/C19H21N3O3/c1-15-4-2-6-17(12-15)25-14-18(23)21-8-10-22(11-9-21)19(24)16-5-3-7-20-13-16/h2-7,12-13H,8-11,14H2,1H3. The summed E-state index contributed by atoms with van der Waals surface area (Å²) in [4.78, 5) is 32.1. The second-order valence-corrected chi connectivity index (χ2v) is 6.02. The molecule has 3 rings (SSSR count). The molecule has 0 radical (unpaired) electrons. The van der Waals surface area contributed by atoms with Crippen LogP contribution in [0.4, 0.5) is 0 Å². The Morgan fingerprint density at radius 2 is 1.84 bits per heavy atom. The molecule has 0 atom stereocenters. The van der Waals surface area contributed by atoms with Crippen molar-refractivity contribution in [1.29, 1.82) is 0 Å². The van der Waals surface area contributed by atoms with Crippen molar-refractivity contribution >= 4 is 11.8 Å². The molecular weight excluding hydrogens is 318 g/mol. The molecule has 0 aliphatic carbocycles. The Hall–Kier alpha value is -2.89. The smallest absolute Gasteiger partial charge is 0.260 e. The first kappa shape index (κ1) is 17.0. The fraction of sp³-hybridized carbons (Fsp3) is 0.316. The molecule has 130 valence electrons. The maximum Gasteiger partial charge on any atom is 0.260 e. The molecule has 0 N–H and O–H groups in total. The van der Waals surface area contributed by atoms with Gasteiger partial charge in [-0.15, -0.1) is 0 Å². The lowest BCUT2D eigenvalue weighted by atomic mass is 10.2. The van der Waals surface area contributed by atoms with E-state index in [9.17, 15) is 9.59 Å². The fourth-order valence-electron chi connectivity index (χ4n) is 2.77. The zero-order chi connectivity index (χ0) is 17.6. The van der Waals surface area contributed by atoms with Gasteiger partial charge in [-0.25, -0.2) is 0 Å². The molecule has 0 spiro atoms. The Labute approximate surface area is 147 Å². The molecule has 1 aromatic heterocycles. The molecule has 1 aromatic carbocycles. The van der Waals surface area contributed by atoms with Crippen molar-refractivity contribution in [3.63, 3.8) is 0 Å². The van der Waals surface area contributed by atoms with Crippen LogP contribution < -0.4 is 4.74 Å². The molecule has 1 saturated heterocycles. The largest absolute Gasteiger partial charge is 0.484 e. The molecule has 2 amide bonds. The number of ether oxygens (including phenoxy) is 1. The third-order valence-corrected chi connectivity index (χ3v) is 4.18. The predicted molar refractivity (Wildman–Crippen MR) is 93.4 cm³/mol. The number of pyridine rings is 1. The number of benzene rings is 1.